The maximum absolute atomic E-state index is 11.5. The van der Waals surface area contributed by atoms with Crippen LogP contribution in [0.25, 0.3) is 0 Å². The number of thioether (sulfide) groups is 1. The molecule has 0 saturated carbocycles. The van der Waals surface area contributed by atoms with Gasteiger partial charge < -0.3 is 5.11 Å². The molecule has 1 radical (unpaired) electrons. The van der Waals surface area contributed by atoms with Crippen molar-refractivity contribution in [2.24, 2.45) is 9.98 Å². The Kier molecular flexibility index (Phi) is 2.22. The van der Waals surface area contributed by atoms with E-state index in [4.69, 9.17) is 5.11 Å². The summed E-state index contributed by atoms with van der Waals surface area (Å²) in [5.74, 6) is -1.07. The average Bonchev–Trinajstić information content (AvgIpc) is 2.42. The zero-order valence-electron chi connectivity index (χ0n) is 8.07. The van der Waals surface area contributed by atoms with Crippen LogP contribution in [-0.4, -0.2) is 27.9 Å². The molecular formula is C9H7N2O3S. The van der Waals surface area contributed by atoms with Gasteiger partial charge in [-0.25, -0.2) is 4.99 Å². The van der Waals surface area contributed by atoms with Gasteiger partial charge in [0.15, 0.2) is 5.25 Å². The average molecular weight is 223 g/mol. The van der Waals surface area contributed by atoms with Crippen LogP contribution in [0.1, 0.15) is 13.8 Å². The largest absolute Gasteiger partial charge is 0.480 e. The van der Waals surface area contributed by atoms with Crippen LogP contribution in [0.3, 0.4) is 0 Å². The van der Waals surface area contributed by atoms with Crippen LogP contribution in [-0.2, 0) is 9.59 Å². The molecule has 0 saturated heterocycles. The first-order valence-corrected chi connectivity index (χ1v) is 5.00. The minimum absolute atomic E-state index is 0.155. The Hall–Kier alpha value is -1.43. The predicted molar refractivity (Wildman–Crippen MR) is 56.7 cm³/mol. The Morgan fingerprint density at radius 1 is 1.33 bits per heavy atom. The van der Waals surface area contributed by atoms with Gasteiger partial charge in [0.25, 0.3) is 5.91 Å². The van der Waals surface area contributed by atoms with Crippen molar-refractivity contribution < 1.29 is 14.7 Å². The lowest BCUT2D eigenvalue weighted by molar-refractivity contribution is -0.133. The van der Waals surface area contributed by atoms with Gasteiger partial charge in [-0.3, -0.25) is 9.59 Å². The predicted octanol–water partition coefficient (Wildman–Crippen LogP) is 1.02. The first-order valence-electron chi connectivity index (χ1n) is 4.18. The van der Waals surface area contributed by atoms with Gasteiger partial charge in [0.2, 0.25) is 0 Å². The number of carbonyl (C=O) groups is 2. The SMILES string of the molecule is CC1=NC(=O)C2=C(C)[C](C(=O)O)SC2=N1. The molecule has 2 rings (SSSR count). The van der Waals surface area contributed by atoms with Crippen LogP contribution < -0.4 is 0 Å². The number of carboxylic acid groups (broad SMARTS) is 1. The Labute approximate surface area is 90.0 Å². The number of hydrogen-bond donors (Lipinski definition) is 1. The molecule has 15 heavy (non-hydrogen) atoms. The summed E-state index contributed by atoms with van der Waals surface area (Å²) in [7, 11) is 0. The second-order valence-electron chi connectivity index (χ2n) is 3.12. The molecule has 5 nitrogen and oxygen atoms in total. The molecule has 6 heteroatoms. The smallest absolute Gasteiger partial charge is 0.326 e. The third-order valence-electron chi connectivity index (χ3n) is 2.06. The van der Waals surface area contributed by atoms with Crippen molar-refractivity contribution >= 4 is 34.5 Å². The summed E-state index contributed by atoms with van der Waals surface area (Å²) in [6.45, 7) is 3.21. The molecule has 0 aromatic carbocycles. The van der Waals surface area contributed by atoms with Gasteiger partial charge in [0.05, 0.1) is 5.57 Å². The number of hydrogen-bond acceptors (Lipinski definition) is 4. The Balaban J connectivity index is 2.50. The van der Waals surface area contributed by atoms with Crippen molar-refractivity contribution in [2.45, 2.75) is 13.8 Å². The molecule has 2 heterocycles. The molecule has 0 spiro atoms. The Bertz CT molecular complexity index is 462. The first-order chi connectivity index (χ1) is 7.00. The minimum Gasteiger partial charge on any atom is -0.480 e. The van der Waals surface area contributed by atoms with Crippen LogP contribution in [0.5, 0.6) is 0 Å². The van der Waals surface area contributed by atoms with Crippen LogP contribution in [0.15, 0.2) is 21.1 Å². The van der Waals surface area contributed by atoms with Gasteiger partial charge in [-0.1, -0.05) is 11.8 Å². The summed E-state index contributed by atoms with van der Waals surface area (Å²) in [6.07, 6.45) is 0. The highest BCUT2D eigenvalue weighted by Gasteiger charge is 2.39. The quantitative estimate of drug-likeness (QED) is 0.719. The van der Waals surface area contributed by atoms with Gasteiger partial charge >= 0.3 is 5.97 Å². The molecule has 1 amide bonds. The number of aliphatic imine (C=N–C) groups is 2. The van der Waals surface area contributed by atoms with Crippen molar-refractivity contribution in [1.29, 1.82) is 0 Å². The lowest BCUT2D eigenvalue weighted by atomic mass is 10.1. The minimum atomic E-state index is -1.03. The highest BCUT2D eigenvalue weighted by atomic mass is 32.2. The monoisotopic (exact) mass is 223 g/mol. The fourth-order valence-electron chi connectivity index (χ4n) is 1.41. The second-order valence-corrected chi connectivity index (χ2v) is 4.12. The number of rotatable bonds is 1. The molecule has 77 valence electrons. The van der Waals surface area contributed by atoms with Gasteiger partial charge in [-0.15, -0.1) is 0 Å². The van der Waals surface area contributed by atoms with Crippen LogP contribution in [0.4, 0.5) is 0 Å². The number of carboxylic acids is 1. The molecule has 0 atom stereocenters. The molecule has 1 N–H and O–H groups in total. The lowest BCUT2D eigenvalue weighted by Crippen LogP contribution is -2.14. The highest BCUT2D eigenvalue weighted by molar-refractivity contribution is 8.18. The maximum Gasteiger partial charge on any atom is 0.326 e. The van der Waals surface area contributed by atoms with E-state index in [-0.39, 0.29) is 5.25 Å². The zero-order valence-corrected chi connectivity index (χ0v) is 8.88. The molecule has 0 aromatic rings. The number of carbonyl (C=O) groups excluding carboxylic acids is 1. The van der Waals surface area contributed by atoms with Crippen molar-refractivity contribution in [2.75, 3.05) is 0 Å². The van der Waals surface area contributed by atoms with Gasteiger partial charge in [0.1, 0.15) is 10.9 Å². The normalized spacial score (nSPS) is 21.3. The van der Waals surface area contributed by atoms with Crippen molar-refractivity contribution in [3.63, 3.8) is 0 Å². The summed E-state index contributed by atoms with van der Waals surface area (Å²) in [6, 6.07) is 0. The van der Waals surface area contributed by atoms with Gasteiger partial charge in [0, 0.05) is 0 Å². The van der Waals surface area contributed by atoms with E-state index in [2.05, 4.69) is 9.98 Å². The van der Waals surface area contributed by atoms with E-state index in [9.17, 15) is 9.59 Å². The fraction of sp³-hybridized carbons (Fsp3) is 0.222. The van der Waals surface area contributed by atoms with E-state index in [1.165, 1.54) is 0 Å². The van der Waals surface area contributed by atoms with Crippen molar-refractivity contribution in [1.82, 2.24) is 0 Å². The van der Waals surface area contributed by atoms with Gasteiger partial charge in [-0.05, 0) is 19.4 Å². The highest BCUT2D eigenvalue weighted by Crippen LogP contribution is 2.42. The van der Waals surface area contributed by atoms with Crippen LogP contribution in [0.2, 0.25) is 0 Å². The third-order valence-corrected chi connectivity index (χ3v) is 3.24. The molecule has 0 fully saturated rings. The molecule has 0 aromatic heterocycles. The molecule has 2 aliphatic rings. The number of amidine groups is 1. The van der Waals surface area contributed by atoms with E-state index < -0.39 is 11.9 Å². The van der Waals surface area contributed by atoms with E-state index in [1.54, 1.807) is 13.8 Å². The van der Waals surface area contributed by atoms with E-state index in [0.29, 0.717) is 22.0 Å². The molecule has 2 aliphatic heterocycles. The second kappa shape index (κ2) is 3.30. The van der Waals surface area contributed by atoms with Crippen LogP contribution >= 0.6 is 11.8 Å². The number of nitrogens with zero attached hydrogens (tertiary/aromatic N) is 2. The lowest BCUT2D eigenvalue weighted by Gasteiger charge is -2.05. The Morgan fingerprint density at radius 2 is 2.00 bits per heavy atom. The Morgan fingerprint density at radius 3 is 2.60 bits per heavy atom. The molecule has 0 aliphatic carbocycles. The summed E-state index contributed by atoms with van der Waals surface area (Å²) in [5.41, 5.74) is 0.774. The third kappa shape index (κ3) is 1.50. The number of amides is 1. The summed E-state index contributed by atoms with van der Waals surface area (Å²) >= 11 is 1.01. The first kappa shape index (κ1) is 10.1. The number of fused-ring (bicyclic) bond motifs is 1. The fourth-order valence-corrected chi connectivity index (χ4v) is 2.46. The number of aliphatic carboxylic acids is 1. The van der Waals surface area contributed by atoms with Crippen molar-refractivity contribution in [3.05, 3.63) is 16.4 Å². The standard InChI is InChI=1S/C9H7N2O3S/c1-3-5-7(12)10-4(2)11-8(5)15-6(3)9(13)14/h1-2H3,(H,13,14). The van der Waals surface area contributed by atoms with Gasteiger partial charge in [-0.2, -0.15) is 4.99 Å². The molecular weight excluding hydrogens is 216 g/mol. The summed E-state index contributed by atoms with van der Waals surface area (Å²) in [5, 5.41) is 9.49. The van der Waals surface area contributed by atoms with E-state index in [0.717, 1.165) is 11.8 Å². The van der Waals surface area contributed by atoms with E-state index >= 15 is 0 Å². The zero-order chi connectivity index (χ0) is 11.2. The van der Waals surface area contributed by atoms with Crippen LogP contribution in [0, 0.1) is 5.25 Å². The summed E-state index contributed by atoms with van der Waals surface area (Å²) in [4.78, 5) is 30.1. The van der Waals surface area contributed by atoms with Crippen molar-refractivity contribution in [3.8, 4) is 0 Å². The maximum atomic E-state index is 11.5. The summed E-state index contributed by atoms with van der Waals surface area (Å²) < 4.78 is 0. The molecule has 0 bridgehead atoms. The topological polar surface area (TPSA) is 79.1 Å². The molecule has 0 unspecified atom stereocenters. The van der Waals surface area contributed by atoms with E-state index in [1.807, 2.05) is 0 Å².